The highest BCUT2D eigenvalue weighted by molar-refractivity contribution is 7.94. The highest BCUT2D eigenvalue weighted by atomic mass is 32.2. The van der Waals surface area contributed by atoms with Crippen LogP contribution in [-0.2, 0) is 31.3 Å². The summed E-state index contributed by atoms with van der Waals surface area (Å²) in [6, 6.07) is 11.5. The Morgan fingerprint density at radius 2 is 1.93 bits per heavy atom. The molecular weight excluding hydrogens is 416 g/mol. The lowest BCUT2D eigenvalue weighted by molar-refractivity contribution is -0.116. The van der Waals surface area contributed by atoms with Crippen molar-refractivity contribution in [2.45, 2.75) is 24.7 Å². The quantitative estimate of drug-likeness (QED) is 0.703. The summed E-state index contributed by atoms with van der Waals surface area (Å²) >= 11 is 0. The molecule has 0 spiro atoms. The normalized spacial score (nSPS) is 16.2. The van der Waals surface area contributed by atoms with Gasteiger partial charge in [0, 0.05) is 13.0 Å². The van der Waals surface area contributed by atoms with Crippen LogP contribution < -0.4 is 13.8 Å². The average Bonchev–Trinajstić information content (AvgIpc) is 2.95. The summed E-state index contributed by atoms with van der Waals surface area (Å²) in [4.78, 5) is 11.9. The van der Waals surface area contributed by atoms with Crippen molar-refractivity contribution < 1.29 is 26.4 Å². The number of hydrogen-bond donors (Lipinski definition) is 1. The van der Waals surface area contributed by atoms with Gasteiger partial charge in [0.1, 0.15) is 5.75 Å². The minimum atomic E-state index is -3.90. The third-order valence-electron chi connectivity index (χ3n) is 4.61. The van der Waals surface area contributed by atoms with Crippen LogP contribution in [0.15, 0.2) is 47.4 Å². The predicted octanol–water partition coefficient (Wildman–Crippen LogP) is 1.59. The zero-order chi connectivity index (χ0) is 21.2. The van der Waals surface area contributed by atoms with Gasteiger partial charge in [0.25, 0.3) is 0 Å². The van der Waals surface area contributed by atoms with E-state index in [9.17, 15) is 21.6 Å². The number of carbonyl (C=O) groups is 1. The average molecular weight is 439 g/mol. The van der Waals surface area contributed by atoms with Gasteiger partial charge >= 0.3 is 0 Å². The maximum atomic E-state index is 12.8. The highest BCUT2D eigenvalue weighted by Crippen LogP contribution is 2.29. The number of methoxy groups -OCH3 is 1. The standard InChI is InChI=1S/C19H22N2O6S2/c1-14-6-7-16(21-19(22)9-11-28(21,23)24)13-18(14)29(25,26)20-10-8-15-4-3-5-17(12-15)27-2/h3-7,12-13,20H,8-11H2,1-2H3. The first-order chi connectivity index (χ1) is 13.6. The molecule has 2 aromatic carbocycles. The number of anilines is 1. The van der Waals surface area contributed by atoms with Gasteiger partial charge in [-0.2, -0.15) is 0 Å². The second-order valence-electron chi connectivity index (χ2n) is 6.67. The number of ether oxygens (including phenoxy) is 1. The molecule has 1 aliphatic rings. The summed E-state index contributed by atoms with van der Waals surface area (Å²) in [5, 5.41) is 0. The van der Waals surface area contributed by atoms with E-state index >= 15 is 0 Å². The summed E-state index contributed by atoms with van der Waals surface area (Å²) in [6.45, 7) is 1.76. The first-order valence-electron chi connectivity index (χ1n) is 8.93. The van der Waals surface area contributed by atoms with Crippen molar-refractivity contribution >= 4 is 31.6 Å². The number of rotatable bonds is 7. The van der Waals surface area contributed by atoms with Gasteiger partial charge in [0.05, 0.1) is 23.4 Å². The molecule has 0 atom stereocenters. The molecule has 1 amide bonds. The first-order valence-corrected chi connectivity index (χ1v) is 12.0. The molecular formula is C19H22N2O6S2. The zero-order valence-corrected chi connectivity index (χ0v) is 17.7. The van der Waals surface area contributed by atoms with Crippen LogP contribution >= 0.6 is 0 Å². The van der Waals surface area contributed by atoms with Gasteiger partial charge in [-0.15, -0.1) is 0 Å². The van der Waals surface area contributed by atoms with Gasteiger partial charge in [-0.25, -0.2) is 25.9 Å². The molecule has 2 aromatic rings. The molecule has 0 radical (unpaired) electrons. The SMILES string of the molecule is COc1cccc(CCNS(=O)(=O)c2cc(N3C(=O)CCS3(=O)=O)ccc2C)c1. The summed E-state index contributed by atoms with van der Waals surface area (Å²) < 4.78 is 58.2. The fraction of sp³-hybridized carbons (Fsp3) is 0.316. The van der Waals surface area contributed by atoms with E-state index in [-0.39, 0.29) is 29.3 Å². The minimum Gasteiger partial charge on any atom is -0.497 e. The van der Waals surface area contributed by atoms with E-state index in [1.165, 1.54) is 18.2 Å². The summed E-state index contributed by atoms with van der Waals surface area (Å²) in [5.74, 6) is -0.158. The molecule has 1 heterocycles. The van der Waals surface area contributed by atoms with E-state index < -0.39 is 26.0 Å². The predicted molar refractivity (Wildman–Crippen MR) is 109 cm³/mol. The van der Waals surface area contributed by atoms with E-state index in [0.717, 1.165) is 5.56 Å². The van der Waals surface area contributed by atoms with Crippen LogP contribution in [0.3, 0.4) is 0 Å². The van der Waals surface area contributed by atoms with E-state index in [1.54, 1.807) is 20.1 Å². The lowest BCUT2D eigenvalue weighted by Crippen LogP contribution is -2.30. The van der Waals surface area contributed by atoms with E-state index in [2.05, 4.69) is 4.72 Å². The first kappa shape index (κ1) is 21.3. The summed E-state index contributed by atoms with van der Waals surface area (Å²) in [7, 11) is -6.11. The second-order valence-corrected chi connectivity index (χ2v) is 10.3. The van der Waals surface area contributed by atoms with Crippen molar-refractivity contribution in [3.8, 4) is 5.75 Å². The summed E-state index contributed by atoms with van der Waals surface area (Å²) in [6.07, 6.45) is 0.339. The fourth-order valence-corrected chi connectivity index (χ4v) is 5.85. The van der Waals surface area contributed by atoms with Gasteiger partial charge in [-0.05, 0) is 48.7 Å². The van der Waals surface area contributed by atoms with Gasteiger partial charge in [0.15, 0.2) is 0 Å². The molecule has 156 valence electrons. The van der Waals surface area contributed by atoms with Gasteiger partial charge < -0.3 is 4.74 Å². The Balaban J connectivity index is 1.80. The molecule has 0 bridgehead atoms. The molecule has 0 saturated carbocycles. The number of nitrogens with one attached hydrogen (secondary N) is 1. The molecule has 1 saturated heterocycles. The van der Waals surface area contributed by atoms with Crippen molar-refractivity contribution in [2.75, 3.05) is 23.7 Å². The topological polar surface area (TPSA) is 110 Å². The Kier molecular flexibility index (Phi) is 5.97. The molecule has 8 nitrogen and oxygen atoms in total. The minimum absolute atomic E-state index is 0.0336. The number of aryl methyl sites for hydroxylation is 1. The van der Waals surface area contributed by atoms with Crippen molar-refractivity contribution in [1.82, 2.24) is 4.72 Å². The molecule has 1 aliphatic heterocycles. The van der Waals surface area contributed by atoms with Crippen molar-refractivity contribution in [1.29, 1.82) is 0 Å². The van der Waals surface area contributed by atoms with Crippen LogP contribution in [0.4, 0.5) is 5.69 Å². The van der Waals surface area contributed by atoms with Crippen molar-refractivity contribution in [2.24, 2.45) is 0 Å². The molecule has 0 aromatic heterocycles. The van der Waals surface area contributed by atoms with E-state index in [4.69, 9.17) is 4.74 Å². The van der Waals surface area contributed by atoms with Gasteiger partial charge in [-0.1, -0.05) is 18.2 Å². The van der Waals surface area contributed by atoms with Gasteiger partial charge in [0.2, 0.25) is 26.0 Å². The smallest absolute Gasteiger partial charge is 0.242 e. The number of amides is 1. The molecule has 1 N–H and O–H groups in total. The Hall–Kier alpha value is -2.43. The van der Waals surface area contributed by atoms with Crippen molar-refractivity contribution in [3.05, 3.63) is 53.6 Å². The van der Waals surface area contributed by atoms with Crippen LogP contribution in [0.2, 0.25) is 0 Å². The molecule has 0 unspecified atom stereocenters. The van der Waals surface area contributed by atoms with Crippen LogP contribution in [0.5, 0.6) is 5.75 Å². The second kappa shape index (κ2) is 8.13. The molecule has 1 fully saturated rings. The third-order valence-corrected chi connectivity index (χ3v) is 7.91. The molecule has 3 rings (SSSR count). The number of hydrogen-bond acceptors (Lipinski definition) is 6. The number of nitrogens with zero attached hydrogens (tertiary/aromatic N) is 1. The van der Waals surface area contributed by atoms with Crippen molar-refractivity contribution in [3.63, 3.8) is 0 Å². The van der Waals surface area contributed by atoms with E-state index in [1.807, 2.05) is 18.2 Å². The maximum Gasteiger partial charge on any atom is 0.242 e. The molecule has 29 heavy (non-hydrogen) atoms. The summed E-state index contributed by atoms with van der Waals surface area (Å²) in [5.41, 5.74) is 1.39. The Labute approximate surface area is 170 Å². The largest absolute Gasteiger partial charge is 0.497 e. The van der Waals surface area contributed by atoms with Crippen LogP contribution in [0, 0.1) is 6.92 Å². The lowest BCUT2D eigenvalue weighted by Gasteiger charge is -2.17. The highest BCUT2D eigenvalue weighted by Gasteiger charge is 2.36. The van der Waals surface area contributed by atoms with Gasteiger partial charge in [-0.3, -0.25) is 4.79 Å². The number of benzene rings is 2. The number of carbonyl (C=O) groups excluding carboxylic acids is 1. The fourth-order valence-electron chi connectivity index (χ4n) is 3.11. The maximum absolute atomic E-state index is 12.8. The Morgan fingerprint density at radius 3 is 2.59 bits per heavy atom. The molecule has 0 aliphatic carbocycles. The van der Waals surface area contributed by atoms with Crippen LogP contribution in [0.1, 0.15) is 17.5 Å². The van der Waals surface area contributed by atoms with Crippen LogP contribution in [0.25, 0.3) is 0 Å². The number of sulfonamides is 2. The lowest BCUT2D eigenvalue weighted by atomic mass is 10.1. The molecule has 10 heteroatoms. The zero-order valence-electron chi connectivity index (χ0n) is 16.1. The van der Waals surface area contributed by atoms with Crippen LogP contribution in [-0.4, -0.2) is 42.2 Å². The monoisotopic (exact) mass is 438 g/mol. The Morgan fingerprint density at radius 1 is 1.17 bits per heavy atom. The van der Waals surface area contributed by atoms with E-state index in [0.29, 0.717) is 22.0 Å². The Bertz CT molecular complexity index is 1140. The third kappa shape index (κ3) is 4.60.